The van der Waals surface area contributed by atoms with E-state index in [4.69, 9.17) is 0 Å². The normalized spacial score (nSPS) is 18.2. The predicted molar refractivity (Wildman–Crippen MR) is 73.4 cm³/mol. The first-order valence-corrected chi connectivity index (χ1v) is 7.11. The molecule has 0 amide bonds. The number of likely N-dealkylation sites (N-methyl/N-ethyl adjacent to an activating group) is 1. The molecule has 0 bridgehead atoms. The summed E-state index contributed by atoms with van der Waals surface area (Å²) >= 11 is 3.44. The van der Waals surface area contributed by atoms with Crippen LogP contribution in [0.25, 0.3) is 0 Å². The molecule has 1 aliphatic rings. The van der Waals surface area contributed by atoms with Gasteiger partial charge >= 0.3 is 0 Å². The first-order valence-electron chi connectivity index (χ1n) is 5.98. The standard InChI is InChI=1S/C13H18BrFN2/c1-16-5-2-6-17(8-7-16)13-4-3-12(15)9-11(13)10-14/h3-4,9H,2,5-8,10H2,1H3. The van der Waals surface area contributed by atoms with Crippen LogP contribution in [0.2, 0.25) is 0 Å². The van der Waals surface area contributed by atoms with E-state index in [0.29, 0.717) is 5.33 Å². The van der Waals surface area contributed by atoms with Gasteiger partial charge in [0, 0.05) is 30.7 Å². The molecule has 2 rings (SSSR count). The van der Waals surface area contributed by atoms with Crippen molar-refractivity contribution in [1.82, 2.24) is 4.90 Å². The summed E-state index contributed by atoms with van der Waals surface area (Å²) in [4.78, 5) is 4.71. The highest BCUT2D eigenvalue weighted by atomic mass is 79.9. The van der Waals surface area contributed by atoms with Crippen LogP contribution in [0.1, 0.15) is 12.0 Å². The average molecular weight is 301 g/mol. The number of hydrogen-bond acceptors (Lipinski definition) is 2. The molecule has 0 N–H and O–H groups in total. The molecule has 0 atom stereocenters. The van der Waals surface area contributed by atoms with Crippen molar-refractivity contribution in [3.05, 3.63) is 29.6 Å². The van der Waals surface area contributed by atoms with Crippen molar-refractivity contribution in [3.63, 3.8) is 0 Å². The fourth-order valence-corrected chi connectivity index (χ4v) is 2.71. The lowest BCUT2D eigenvalue weighted by Crippen LogP contribution is -2.29. The highest BCUT2D eigenvalue weighted by Gasteiger charge is 2.15. The van der Waals surface area contributed by atoms with Gasteiger partial charge in [-0.05, 0) is 43.8 Å². The molecule has 94 valence electrons. The summed E-state index contributed by atoms with van der Waals surface area (Å²) in [7, 11) is 2.15. The zero-order valence-corrected chi connectivity index (χ0v) is 11.7. The van der Waals surface area contributed by atoms with E-state index in [0.717, 1.165) is 38.2 Å². The van der Waals surface area contributed by atoms with Crippen LogP contribution in [-0.4, -0.2) is 38.1 Å². The Bertz CT molecular complexity index is 384. The molecule has 0 unspecified atom stereocenters. The molecule has 1 aromatic carbocycles. The number of anilines is 1. The lowest BCUT2D eigenvalue weighted by atomic mass is 10.1. The molecule has 0 spiro atoms. The number of halogens is 2. The van der Waals surface area contributed by atoms with Crippen LogP contribution in [-0.2, 0) is 5.33 Å². The van der Waals surface area contributed by atoms with E-state index in [1.165, 1.54) is 5.69 Å². The van der Waals surface area contributed by atoms with Crippen LogP contribution in [0, 0.1) is 5.82 Å². The van der Waals surface area contributed by atoms with E-state index in [2.05, 4.69) is 32.8 Å². The van der Waals surface area contributed by atoms with Crippen molar-refractivity contribution < 1.29 is 4.39 Å². The summed E-state index contributed by atoms with van der Waals surface area (Å²) < 4.78 is 13.2. The SMILES string of the molecule is CN1CCCN(c2ccc(F)cc2CBr)CC1. The van der Waals surface area contributed by atoms with Gasteiger partial charge < -0.3 is 9.80 Å². The molecular formula is C13H18BrFN2. The Morgan fingerprint density at radius 1 is 1.24 bits per heavy atom. The third-order valence-corrected chi connectivity index (χ3v) is 3.85. The minimum absolute atomic E-state index is 0.157. The van der Waals surface area contributed by atoms with Gasteiger partial charge in [0.2, 0.25) is 0 Å². The first-order chi connectivity index (χ1) is 8.20. The van der Waals surface area contributed by atoms with Gasteiger partial charge in [-0.25, -0.2) is 4.39 Å². The lowest BCUT2D eigenvalue weighted by Gasteiger charge is -2.25. The highest BCUT2D eigenvalue weighted by Crippen LogP contribution is 2.24. The van der Waals surface area contributed by atoms with E-state index in [1.54, 1.807) is 12.1 Å². The molecular weight excluding hydrogens is 283 g/mol. The Hall–Kier alpha value is -0.610. The van der Waals surface area contributed by atoms with E-state index in [9.17, 15) is 4.39 Å². The molecule has 4 heteroatoms. The van der Waals surface area contributed by atoms with Gasteiger partial charge in [0.25, 0.3) is 0 Å². The highest BCUT2D eigenvalue weighted by molar-refractivity contribution is 9.08. The second-order valence-electron chi connectivity index (χ2n) is 4.55. The van der Waals surface area contributed by atoms with Gasteiger partial charge in [-0.2, -0.15) is 0 Å². The van der Waals surface area contributed by atoms with E-state index < -0.39 is 0 Å². The third-order valence-electron chi connectivity index (χ3n) is 3.25. The second-order valence-corrected chi connectivity index (χ2v) is 5.11. The Kier molecular flexibility index (Phi) is 4.40. The molecule has 0 radical (unpaired) electrons. The van der Waals surface area contributed by atoms with Crippen LogP contribution in [0.15, 0.2) is 18.2 Å². The van der Waals surface area contributed by atoms with Crippen molar-refractivity contribution in [2.45, 2.75) is 11.8 Å². The zero-order valence-electron chi connectivity index (χ0n) is 10.1. The summed E-state index contributed by atoms with van der Waals surface area (Å²) in [5, 5.41) is 0.701. The van der Waals surface area contributed by atoms with Crippen molar-refractivity contribution in [1.29, 1.82) is 0 Å². The molecule has 1 heterocycles. The summed E-state index contributed by atoms with van der Waals surface area (Å²) in [5.74, 6) is -0.157. The molecule has 17 heavy (non-hydrogen) atoms. The van der Waals surface area contributed by atoms with Gasteiger partial charge in [-0.3, -0.25) is 0 Å². The molecule has 1 fully saturated rings. The molecule has 2 nitrogen and oxygen atoms in total. The molecule has 1 aromatic rings. The van der Waals surface area contributed by atoms with Gasteiger partial charge in [-0.1, -0.05) is 15.9 Å². The van der Waals surface area contributed by atoms with Gasteiger partial charge in [0.15, 0.2) is 0 Å². The molecule has 1 aliphatic heterocycles. The van der Waals surface area contributed by atoms with Crippen molar-refractivity contribution >= 4 is 21.6 Å². The topological polar surface area (TPSA) is 6.48 Å². The van der Waals surface area contributed by atoms with Crippen LogP contribution < -0.4 is 4.90 Å². The quantitative estimate of drug-likeness (QED) is 0.775. The maximum atomic E-state index is 13.2. The van der Waals surface area contributed by atoms with Crippen molar-refractivity contribution in [2.75, 3.05) is 38.1 Å². The average Bonchev–Trinajstić information content (AvgIpc) is 2.54. The van der Waals surface area contributed by atoms with Crippen LogP contribution >= 0.6 is 15.9 Å². The largest absolute Gasteiger partial charge is 0.370 e. The first kappa shape index (κ1) is 12.8. The van der Waals surface area contributed by atoms with E-state index >= 15 is 0 Å². The summed E-state index contributed by atoms with van der Waals surface area (Å²) in [6.07, 6.45) is 1.16. The summed E-state index contributed by atoms with van der Waals surface area (Å²) in [5.41, 5.74) is 2.20. The summed E-state index contributed by atoms with van der Waals surface area (Å²) in [6, 6.07) is 5.08. The Morgan fingerprint density at radius 3 is 2.82 bits per heavy atom. The van der Waals surface area contributed by atoms with Crippen LogP contribution in [0.4, 0.5) is 10.1 Å². The molecule has 0 saturated carbocycles. The zero-order chi connectivity index (χ0) is 12.3. The summed E-state index contributed by atoms with van der Waals surface area (Å²) in [6.45, 7) is 4.28. The maximum absolute atomic E-state index is 13.2. The minimum Gasteiger partial charge on any atom is -0.370 e. The Balaban J connectivity index is 2.20. The number of rotatable bonds is 2. The smallest absolute Gasteiger partial charge is 0.123 e. The van der Waals surface area contributed by atoms with Gasteiger partial charge in [0.1, 0.15) is 5.82 Å². The van der Waals surface area contributed by atoms with Crippen molar-refractivity contribution in [3.8, 4) is 0 Å². The number of alkyl halides is 1. The number of hydrogen-bond donors (Lipinski definition) is 0. The maximum Gasteiger partial charge on any atom is 0.123 e. The fourth-order valence-electron chi connectivity index (χ4n) is 2.26. The van der Waals surface area contributed by atoms with Crippen molar-refractivity contribution in [2.24, 2.45) is 0 Å². The number of benzene rings is 1. The molecule has 0 aliphatic carbocycles. The Labute approximate surface area is 111 Å². The number of nitrogens with zero attached hydrogens (tertiary/aromatic N) is 2. The fraction of sp³-hybridized carbons (Fsp3) is 0.538. The second kappa shape index (κ2) is 5.83. The van der Waals surface area contributed by atoms with Crippen LogP contribution in [0.3, 0.4) is 0 Å². The van der Waals surface area contributed by atoms with Gasteiger partial charge in [-0.15, -0.1) is 0 Å². The van der Waals surface area contributed by atoms with E-state index in [1.807, 2.05) is 6.07 Å². The molecule has 0 aromatic heterocycles. The predicted octanol–water partition coefficient (Wildman–Crippen LogP) is 2.86. The minimum atomic E-state index is -0.157. The Morgan fingerprint density at radius 2 is 2.06 bits per heavy atom. The lowest BCUT2D eigenvalue weighted by molar-refractivity contribution is 0.360. The third kappa shape index (κ3) is 3.19. The van der Waals surface area contributed by atoms with Gasteiger partial charge in [0.05, 0.1) is 0 Å². The molecule has 1 saturated heterocycles. The monoisotopic (exact) mass is 300 g/mol. The van der Waals surface area contributed by atoms with E-state index in [-0.39, 0.29) is 5.82 Å². The van der Waals surface area contributed by atoms with Crippen LogP contribution in [0.5, 0.6) is 0 Å².